The highest BCUT2D eigenvalue weighted by molar-refractivity contribution is 5.66. The summed E-state index contributed by atoms with van der Waals surface area (Å²) in [5, 5.41) is 18.3. The van der Waals surface area contributed by atoms with Crippen molar-refractivity contribution in [3.8, 4) is 0 Å². The molecule has 0 aliphatic carbocycles. The van der Waals surface area contributed by atoms with Crippen molar-refractivity contribution in [2.75, 3.05) is 0 Å². The minimum Gasteiger partial charge on any atom is -0.481 e. The van der Waals surface area contributed by atoms with E-state index in [1.54, 1.807) is 0 Å². The van der Waals surface area contributed by atoms with Crippen LogP contribution >= 0.6 is 0 Å². The predicted molar refractivity (Wildman–Crippen MR) is 88.4 cm³/mol. The van der Waals surface area contributed by atoms with Gasteiger partial charge in [-0.05, 0) is 25.7 Å². The third kappa shape index (κ3) is 16.9. The number of allylic oxidation sites excluding steroid dienone is 3. The Labute approximate surface area is 129 Å². The molecule has 0 bridgehead atoms. The van der Waals surface area contributed by atoms with Gasteiger partial charge < -0.3 is 10.2 Å². The van der Waals surface area contributed by atoms with Gasteiger partial charge in [0.25, 0.3) is 0 Å². The first kappa shape index (κ1) is 19.9. The lowest BCUT2D eigenvalue weighted by Crippen LogP contribution is -2.01. The monoisotopic (exact) mass is 296 g/mol. The lowest BCUT2D eigenvalue weighted by Gasteiger charge is -2.04. The second kappa shape index (κ2) is 15.3. The van der Waals surface area contributed by atoms with E-state index >= 15 is 0 Å². The van der Waals surface area contributed by atoms with E-state index in [-0.39, 0.29) is 12.5 Å². The van der Waals surface area contributed by atoms with Crippen LogP contribution in [0, 0.1) is 0 Å². The van der Waals surface area contributed by atoms with Gasteiger partial charge in [0.1, 0.15) is 0 Å². The van der Waals surface area contributed by atoms with Gasteiger partial charge in [0, 0.05) is 6.42 Å². The number of carboxylic acids is 1. The van der Waals surface area contributed by atoms with E-state index in [2.05, 4.69) is 13.0 Å². The highest BCUT2D eigenvalue weighted by Gasteiger charge is 1.99. The summed E-state index contributed by atoms with van der Waals surface area (Å²) in [6.45, 7) is 2.20. The molecule has 0 aromatic heterocycles. The van der Waals surface area contributed by atoms with Gasteiger partial charge in [-0.25, -0.2) is 0 Å². The summed E-state index contributed by atoms with van der Waals surface area (Å²) >= 11 is 0. The fourth-order valence-electron chi connectivity index (χ4n) is 2.14. The number of hydrogen-bond donors (Lipinski definition) is 2. The highest BCUT2D eigenvalue weighted by atomic mass is 16.4. The van der Waals surface area contributed by atoms with Crippen LogP contribution in [0.25, 0.3) is 0 Å². The molecule has 122 valence electrons. The first-order valence-corrected chi connectivity index (χ1v) is 8.40. The van der Waals surface area contributed by atoms with Crippen molar-refractivity contribution in [3.63, 3.8) is 0 Å². The largest absolute Gasteiger partial charge is 0.481 e. The Kier molecular flexibility index (Phi) is 14.5. The van der Waals surface area contributed by atoms with Gasteiger partial charge in [-0.3, -0.25) is 4.79 Å². The Morgan fingerprint density at radius 2 is 1.71 bits per heavy atom. The van der Waals surface area contributed by atoms with Gasteiger partial charge in [-0.2, -0.15) is 0 Å². The Morgan fingerprint density at radius 3 is 2.43 bits per heavy atom. The molecular weight excluding hydrogens is 264 g/mol. The Balaban J connectivity index is 3.40. The third-order valence-electron chi connectivity index (χ3n) is 3.45. The van der Waals surface area contributed by atoms with Gasteiger partial charge in [0.15, 0.2) is 0 Å². The van der Waals surface area contributed by atoms with Crippen LogP contribution in [0.2, 0.25) is 0 Å². The van der Waals surface area contributed by atoms with Gasteiger partial charge in [-0.1, -0.05) is 69.8 Å². The van der Waals surface area contributed by atoms with Crippen LogP contribution in [0.5, 0.6) is 0 Å². The van der Waals surface area contributed by atoms with Crippen molar-refractivity contribution in [2.24, 2.45) is 0 Å². The number of unbranched alkanes of at least 4 members (excludes halogenated alkanes) is 7. The summed E-state index contributed by atoms with van der Waals surface area (Å²) in [4.78, 5) is 10.3. The second-order valence-corrected chi connectivity index (χ2v) is 5.58. The van der Waals surface area contributed by atoms with Crippen LogP contribution in [-0.4, -0.2) is 22.3 Å². The summed E-state index contributed by atoms with van der Waals surface area (Å²) in [5.74, 6) is -0.710. The van der Waals surface area contributed by atoms with E-state index in [1.807, 2.05) is 18.2 Å². The van der Waals surface area contributed by atoms with Crippen molar-refractivity contribution >= 4 is 5.97 Å². The summed E-state index contributed by atoms with van der Waals surface area (Å²) in [7, 11) is 0. The minimum absolute atomic E-state index is 0.274. The van der Waals surface area contributed by atoms with E-state index in [1.165, 1.54) is 19.3 Å². The molecule has 0 rings (SSSR count). The summed E-state index contributed by atoms with van der Waals surface area (Å²) in [6.07, 6.45) is 18.4. The lowest BCUT2D eigenvalue weighted by molar-refractivity contribution is -0.137. The van der Waals surface area contributed by atoms with Gasteiger partial charge in [0.2, 0.25) is 0 Å². The number of carbonyl (C=O) groups is 1. The van der Waals surface area contributed by atoms with E-state index in [9.17, 15) is 9.90 Å². The molecule has 0 aromatic carbocycles. The van der Waals surface area contributed by atoms with Crippen molar-refractivity contribution in [1.29, 1.82) is 0 Å². The molecule has 0 aromatic rings. The van der Waals surface area contributed by atoms with E-state index in [0.717, 1.165) is 44.9 Å². The van der Waals surface area contributed by atoms with Crippen LogP contribution in [-0.2, 0) is 4.79 Å². The standard InChI is InChI=1S/C18H32O3/c1-2-3-4-5-6-8-11-14-17(19)15-12-9-7-10-13-16-18(20)21/h6,8,11,14,17,19H,2-5,7,9-10,12-13,15-16H2,1H3,(H,20,21)/b8-6+,14-11+/t17-/m0/s1. The summed E-state index contributed by atoms with van der Waals surface area (Å²) < 4.78 is 0. The van der Waals surface area contributed by atoms with Crippen LogP contribution in [0.15, 0.2) is 24.3 Å². The van der Waals surface area contributed by atoms with E-state index in [0.29, 0.717) is 0 Å². The molecule has 0 amide bonds. The molecule has 0 aliphatic heterocycles. The maximum atomic E-state index is 10.3. The van der Waals surface area contributed by atoms with Gasteiger partial charge in [0.05, 0.1) is 6.10 Å². The van der Waals surface area contributed by atoms with E-state index in [4.69, 9.17) is 5.11 Å². The smallest absolute Gasteiger partial charge is 0.303 e. The molecule has 0 saturated carbocycles. The highest BCUT2D eigenvalue weighted by Crippen LogP contribution is 2.09. The van der Waals surface area contributed by atoms with Crippen molar-refractivity contribution in [3.05, 3.63) is 24.3 Å². The molecule has 0 saturated heterocycles. The fourth-order valence-corrected chi connectivity index (χ4v) is 2.14. The first-order chi connectivity index (χ1) is 10.2. The maximum Gasteiger partial charge on any atom is 0.303 e. The molecule has 1 atom stereocenters. The lowest BCUT2D eigenvalue weighted by atomic mass is 10.1. The fraction of sp³-hybridized carbons (Fsp3) is 0.722. The zero-order valence-corrected chi connectivity index (χ0v) is 13.5. The van der Waals surface area contributed by atoms with Gasteiger partial charge in [-0.15, -0.1) is 0 Å². The molecule has 21 heavy (non-hydrogen) atoms. The quantitative estimate of drug-likeness (QED) is 0.355. The van der Waals surface area contributed by atoms with Gasteiger partial charge >= 0.3 is 5.97 Å². The molecule has 0 spiro atoms. The molecule has 0 radical (unpaired) electrons. The predicted octanol–water partition coefficient (Wildman–Crippen LogP) is 4.86. The molecule has 3 heteroatoms. The first-order valence-electron chi connectivity index (χ1n) is 8.40. The van der Waals surface area contributed by atoms with Crippen molar-refractivity contribution in [2.45, 2.75) is 83.7 Å². The van der Waals surface area contributed by atoms with Crippen molar-refractivity contribution < 1.29 is 15.0 Å². The number of aliphatic hydroxyl groups is 1. The number of carboxylic acid groups (broad SMARTS) is 1. The third-order valence-corrected chi connectivity index (χ3v) is 3.45. The summed E-state index contributed by atoms with van der Waals surface area (Å²) in [5.41, 5.74) is 0. The molecule has 2 N–H and O–H groups in total. The van der Waals surface area contributed by atoms with Crippen LogP contribution in [0.4, 0.5) is 0 Å². The zero-order chi connectivity index (χ0) is 15.8. The molecule has 0 heterocycles. The average Bonchev–Trinajstić information content (AvgIpc) is 2.45. The number of aliphatic hydroxyl groups excluding tert-OH is 1. The molecule has 0 fully saturated rings. The van der Waals surface area contributed by atoms with Crippen LogP contribution < -0.4 is 0 Å². The zero-order valence-electron chi connectivity index (χ0n) is 13.5. The molecule has 0 aliphatic rings. The Hall–Kier alpha value is -1.09. The molecule has 3 nitrogen and oxygen atoms in total. The second-order valence-electron chi connectivity index (χ2n) is 5.58. The summed E-state index contributed by atoms with van der Waals surface area (Å²) in [6, 6.07) is 0. The number of rotatable bonds is 14. The molecular formula is C18H32O3. The van der Waals surface area contributed by atoms with Crippen LogP contribution in [0.1, 0.15) is 77.6 Å². The topological polar surface area (TPSA) is 57.5 Å². The number of aliphatic carboxylic acids is 1. The Morgan fingerprint density at radius 1 is 1.00 bits per heavy atom. The average molecular weight is 296 g/mol. The normalized spacial score (nSPS) is 13.2. The minimum atomic E-state index is -0.710. The molecule has 0 unspecified atom stereocenters. The SMILES string of the molecule is CCCCC/C=C/C=C/[C@H](O)CCCCCCCC(=O)O. The van der Waals surface area contributed by atoms with Crippen molar-refractivity contribution in [1.82, 2.24) is 0 Å². The number of hydrogen-bond acceptors (Lipinski definition) is 2. The maximum absolute atomic E-state index is 10.3. The Bertz CT molecular complexity index is 295. The van der Waals surface area contributed by atoms with E-state index < -0.39 is 5.97 Å². The van der Waals surface area contributed by atoms with Crippen LogP contribution in [0.3, 0.4) is 0 Å².